The van der Waals surface area contributed by atoms with Gasteiger partial charge in [-0.05, 0) is 60.7 Å². The molecule has 1 heterocycles. The molecule has 0 amide bonds. The molecule has 0 atom stereocenters. The Bertz CT molecular complexity index is 1120. The van der Waals surface area contributed by atoms with Gasteiger partial charge in [0.15, 0.2) is 11.6 Å². The quantitative estimate of drug-likeness (QED) is 0.404. The summed E-state index contributed by atoms with van der Waals surface area (Å²) in [6, 6.07) is 17.0. The van der Waals surface area contributed by atoms with Gasteiger partial charge in [-0.15, -0.1) is 11.8 Å². The van der Waals surface area contributed by atoms with E-state index in [1.165, 1.54) is 17.8 Å². The highest BCUT2D eigenvalue weighted by molar-refractivity contribution is 7.98. The fourth-order valence-electron chi connectivity index (χ4n) is 2.47. The van der Waals surface area contributed by atoms with Crippen LogP contribution in [0.15, 0.2) is 76.1 Å². The third-order valence-electron chi connectivity index (χ3n) is 3.91. The minimum absolute atomic E-state index is 0.199. The summed E-state index contributed by atoms with van der Waals surface area (Å²) in [4.78, 5) is 5.34. The summed E-state index contributed by atoms with van der Waals surface area (Å²) in [5, 5.41) is 13.3. The lowest BCUT2D eigenvalue weighted by atomic mass is 10.2. The second-order valence-corrected chi connectivity index (χ2v) is 7.05. The average molecular weight is 412 g/mol. The topological polar surface area (TPSA) is 68.4 Å². The van der Waals surface area contributed by atoms with E-state index in [0.717, 1.165) is 22.6 Å². The first kappa shape index (κ1) is 18.9. The summed E-state index contributed by atoms with van der Waals surface area (Å²) in [5.74, 6) is 0.385. The van der Waals surface area contributed by atoms with Gasteiger partial charge >= 0.3 is 0 Å². The minimum Gasteiger partial charge on any atom is -0.508 e. The van der Waals surface area contributed by atoms with E-state index < -0.39 is 11.6 Å². The van der Waals surface area contributed by atoms with Crippen molar-refractivity contribution in [3.05, 3.63) is 84.3 Å². The molecule has 0 aliphatic rings. The molecule has 0 spiro atoms. The molecule has 0 saturated heterocycles. The predicted molar refractivity (Wildman–Crippen MR) is 104 cm³/mol. The van der Waals surface area contributed by atoms with Crippen LogP contribution in [-0.4, -0.2) is 15.2 Å². The monoisotopic (exact) mass is 412 g/mol. The molecule has 0 fully saturated rings. The molecule has 4 aromatic rings. The van der Waals surface area contributed by atoms with Gasteiger partial charge in [-0.1, -0.05) is 5.16 Å². The second-order valence-electron chi connectivity index (χ2n) is 6.00. The predicted octanol–water partition coefficient (Wildman–Crippen LogP) is 5.81. The van der Waals surface area contributed by atoms with Gasteiger partial charge in [0.25, 0.3) is 0 Å². The molecule has 5 nitrogen and oxygen atoms in total. The zero-order valence-electron chi connectivity index (χ0n) is 14.9. The molecule has 29 heavy (non-hydrogen) atoms. The van der Waals surface area contributed by atoms with E-state index in [9.17, 15) is 13.9 Å². The van der Waals surface area contributed by atoms with Crippen LogP contribution >= 0.6 is 11.8 Å². The largest absolute Gasteiger partial charge is 0.508 e. The van der Waals surface area contributed by atoms with E-state index in [2.05, 4.69) is 10.1 Å². The maximum atomic E-state index is 13.3. The lowest BCUT2D eigenvalue weighted by Gasteiger charge is -2.06. The summed E-state index contributed by atoms with van der Waals surface area (Å²) in [5.41, 5.74) is 0.729. The fraction of sp³-hybridized carbons (Fsp3) is 0.0476. The summed E-state index contributed by atoms with van der Waals surface area (Å²) < 4.78 is 37.0. The van der Waals surface area contributed by atoms with Crippen molar-refractivity contribution >= 4 is 11.8 Å². The highest BCUT2D eigenvalue weighted by Crippen LogP contribution is 2.27. The van der Waals surface area contributed by atoms with E-state index in [1.807, 2.05) is 12.1 Å². The molecule has 0 bridgehead atoms. The van der Waals surface area contributed by atoms with Gasteiger partial charge in [0.1, 0.15) is 17.2 Å². The summed E-state index contributed by atoms with van der Waals surface area (Å²) in [7, 11) is 0. The number of aromatic hydroxyl groups is 1. The normalized spacial score (nSPS) is 10.8. The number of ether oxygens (including phenoxy) is 1. The van der Waals surface area contributed by atoms with Crippen molar-refractivity contribution < 1.29 is 23.1 Å². The summed E-state index contributed by atoms with van der Waals surface area (Å²) in [6.07, 6.45) is 0. The van der Waals surface area contributed by atoms with Gasteiger partial charge in [-0.25, -0.2) is 8.78 Å². The van der Waals surface area contributed by atoms with E-state index in [4.69, 9.17) is 9.26 Å². The van der Waals surface area contributed by atoms with Gasteiger partial charge in [0.2, 0.25) is 11.7 Å². The number of benzene rings is 3. The lowest BCUT2D eigenvalue weighted by Crippen LogP contribution is -1.88. The van der Waals surface area contributed by atoms with Gasteiger partial charge < -0.3 is 14.4 Å². The van der Waals surface area contributed by atoms with Crippen LogP contribution in [0.3, 0.4) is 0 Å². The number of rotatable bonds is 6. The molecule has 146 valence electrons. The van der Waals surface area contributed by atoms with E-state index >= 15 is 0 Å². The number of nitrogens with zero attached hydrogens (tertiary/aromatic N) is 2. The number of hydrogen-bond acceptors (Lipinski definition) is 6. The summed E-state index contributed by atoms with van der Waals surface area (Å²) in [6.45, 7) is 0. The Morgan fingerprint density at radius 2 is 1.62 bits per heavy atom. The molecule has 1 N–H and O–H groups in total. The van der Waals surface area contributed by atoms with Crippen molar-refractivity contribution in [1.29, 1.82) is 0 Å². The van der Waals surface area contributed by atoms with Crippen LogP contribution in [0.1, 0.15) is 5.89 Å². The first-order chi connectivity index (χ1) is 14.1. The van der Waals surface area contributed by atoms with E-state index in [-0.39, 0.29) is 11.5 Å². The highest BCUT2D eigenvalue weighted by atomic mass is 32.2. The van der Waals surface area contributed by atoms with Crippen molar-refractivity contribution in [2.45, 2.75) is 10.6 Å². The smallest absolute Gasteiger partial charge is 0.237 e. The molecule has 0 aliphatic heterocycles. The number of aromatic nitrogens is 2. The minimum atomic E-state index is -0.969. The molecule has 0 radical (unpaired) electrons. The highest BCUT2D eigenvalue weighted by Gasteiger charge is 2.10. The van der Waals surface area contributed by atoms with Crippen molar-refractivity contribution in [2.24, 2.45) is 0 Å². The first-order valence-electron chi connectivity index (χ1n) is 8.54. The summed E-state index contributed by atoms with van der Waals surface area (Å²) >= 11 is 1.51. The maximum Gasteiger partial charge on any atom is 0.237 e. The molecule has 4 rings (SSSR count). The zero-order chi connectivity index (χ0) is 20.2. The molecule has 0 unspecified atom stereocenters. The van der Waals surface area contributed by atoms with Crippen LogP contribution in [0, 0.1) is 11.6 Å². The van der Waals surface area contributed by atoms with Crippen molar-refractivity contribution in [3.8, 4) is 28.6 Å². The van der Waals surface area contributed by atoms with Crippen LogP contribution in [0.2, 0.25) is 0 Å². The zero-order valence-corrected chi connectivity index (χ0v) is 15.7. The Balaban J connectivity index is 1.40. The first-order valence-corrected chi connectivity index (χ1v) is 9.53. The van der Waals surface area contributed by atoms with Crippen molar-refractivity contribution in [2.75, 3.05) is 0 Å². The van der Waals surface area contributed by atoms with Crippen LogP contribution < -0.4 is 4.74 Å². The Kier molecular flexibility index (Phi) is 5.44. The molecule has 1 aromatic heterocycles. The number of phenols is 1. The molecule has 0 aliphatic carbocycles. The van der Waals surface area contributed by atoms with Gasteiger partial charge in [-0.3, -0.25) is 0 Å². The molecule has 0 saturated carbocycles. The van der Waals surface area contributed by atoms with E-state index in [1.54, 1.807) is 36.4 Å². The SMILES string of the molecule is Oc1ccc(SCc2nc(-c3ccc(Oc4ccc(F)c(F)c4)cc3)no2)cc1. The van der Waals surface area contributed by atoms with Gasteiger partial charge in [0.05, 0.1) is 5.75 Å². The third-order valence-corrected chi connectivity index (χ3v) is 4.90. The van der Waals surface area contributed by atoms with Crippen LogP contribution in [-0.2, 0) is 5.75 Å². The van der Waals surface area contributed by atoms with E-state index in [0.29, 0.717) is 23.2 Å². The molecular weight excluding hydrogens is 398 g/mol. The van der Waals surface area contributed by atoms with Crippen molar-refractivity contribution in [3.63, 3.8) is 0 Å². The fourth-order valence-corrected chi connectivity index (χ4v) is 3.20. The molecular formula is C21H14F2N2O3S. The maximum absolute atomic E-state index is 13.3. The molecule has 8 heteroatoms. The lowest BCUT2D eigenvalue weighted by molar-refractivity contribution is 0.391. The van der Waals surface area contributed by atoms with Gasteiger partial charge in [-0.2, -0.15) is 4.98 Å². The van der Waals surface area contributed by atoms with Crippen LogP contribution in [0.5, 0.6) is 17.2 Å². The Morgan fingerprint density at radius 3 is 2.34 bits per heavy atom. The average Bonchev–Trinajstić information content (AvgIpc) is 3.20. The third kappa shape index (κ3) is 4.72. The van der Waals surface area contributed by atoms with Crippen LogP contribution in [0.4, 0.5) is 8.78 Å². The Morgan fingerprint density at radius 1 is 0.897 bits per heavy atom. The van der Waals surface area contributed by atoms with Crippen molar-refractivity contribution in [1.82, 2.24) is 10.1 Å². The Hall–Kier alpha value is -3.39. The number of hydrogen-bond donors (Lipinski definition) is 1. The van der Waals surface area contributed by atoms with Gasteiger partial charge in [0, 0.05) is 16.5 Å². The molecule has 3 aromatic carbocycles. The number of thioether (sulfide) groups is 1. The Labute approximate surface area is 169 Å². The number of phenolic OH excluding ortho intramolecular Hbond substituents is 1. The van der Waals surface area contributed by atoms with Crippen LogP contribution in [0.25, 0.3) is 11.4 Å². The number of halogens is 2. The second kappa shape index (κ2) is 8.32. The standard InChI is InChI=1S/C21H14F2N2O3S/c22-18-10-7-16(11-19(18)23)27-15-5-1-13(2-6-15)21-24-20(28-25-21)12-29-17-8-3-14(26)4-9-17/h1-11,26H,12H2.